The summed E-state index contributed by atoms with van der Waals surface area (Å²) in [5.41, 5.74) is 4.42. The van der Waals surface area contributed by atoms with Crippen LogP contribution in [0, 0.1) is 5.41 Å². The van der Waals surface area contributed by atoms with Crippen LogP contribution in [0.5, 0.6) is 0 Å². The van der Waals surface area contributed by atoms with Gasteiger partial charge in [0, 0.05) is 38.4 Å². The molecule has 1 spiro atoms. The van der Waals surface area contributed by atoms with Gasteiger partial charge in [-0.1, -0.05) is 31.2 Å². The highest BCUT2D eigenvalue weighted by Crippen LogP contribution is 2.41. The molecular formula is C24H31N3O. The van der Waals surface area contributed by atoms with Crippen LogP contribution >= 0.6 is 0 Å². The van der Waals surface area contributed by atoms with Gasteiger partial charge < -0.3 is 4.90 Å². The SMILES string of the molecule is CCc1ccccc1CN1CCC2(CCC(=O)N(Cc3ccncc3)C2)CC1. The largest absolute Gasteiger partial charge is 0.338 e. The van der Waals surface area contributed by atoms with E-state index in [1.165, 1.54) is 29.5 Å². The monoisotopic (exact) mass is 377 g/mol. The van der Waals surface area contributed by atoms with Crippen LogP contribution in [0.25, 0.3) is 0 Å². The highest BCUT2D eigenvalue weighted by molar-refractivity contribution is 5.77. The number of aryl methyl sites for hydroxylation is 1. The summed E-state index contributed by atoms with van der Waals surface area (Å²) in [6, 6.07) is 12.9. The molecule has 4 nitrogen and oxygen atoms in total. The van der Waals surface area contributed by atoms with Gasteiger partial charge in [-0.05, 0) is 73.0 Å². The molecule has 4 rings (SSSR count). The van der Waals surface area contributed by atoms with Crippen LogP contribution in [0.4, 0.5) is 0 Å². The normalized spacial score (nSPS) is 19.9. The number of aromatic nitrogens is 1. The number of hydrogen-bond acceptors (Lipinski definition) is 3. The fourth-order valence-corrected chi connectivity index (χ4v) is 4.85. The molecule has 0 unspecified atom stereocenters. The van der Waals surface area contributed by atoms with Crippen LogP contribution in [-0.4, -0.2) is 40.3 Å². The standard InChI is InChI=1S/C24H31N3O/c1-2-21-5-3-4-6-22(21)18-26-15-11-24(12-16-26)10-7-23(28)27(19-24)17-20-8-13-25-14-9-20/h3-6,8-9,13-14H,2,7,10-12,15-19H2,1H3. The van der Waals surface area contributed by atoms with Crippen LogP contribution in [0.15, 0.2) is 48.8 Å². The van der Waals surface area contributed by atoms with Gasteiger partial charge in [-0.15, -0.1) is 0 Å². The van der Waals surface area contributed by atoms with E-state index in [4.69, 9.17) is 0 Å². The Hall–Kier alpha value is -2.20. The Morgan fingerprint density at radius 2 is 1.68 bits per heavy atom. The van der Waals surface area contributed by atoms with Crippen molar-refractivity contribution in [2.24, 2.45) is 5.41 Å². The number of rotatable bonds is 5. The molecule has 0 atom stereocenters. The average Bonchev–Trinajstić information content (AvgIpc) is 2.74. The van der Waals surface area contributed by atoms with Crippen molar-refractivity contribution >= 4 is 5.91 Å². The van der Waals surface area contributed by atoms with Gasteiger partial charge in [0.25, 0.3) is 0 Å². The predicted octanol–water partition coefficient (Wildman–Crippen LogP) is 4.05. The lowest BCUT2D eigenvalue weighted by atomic mass is 9.72. The van der Waals surface area contributed by atoms with Gasteiger partial charge in [0.05, 0.1) is 0 Å². The maximum atomic E-state index is 12.5. The number of amides is 1. The Kier molecular flexibility index (Phi) is 5.77. The minimum Gasteiger partial charge on any atom is -0.338 e. The maximum Gasteiger partial charge on any atom is 0.222 e. The fraction of sp³-hybridized carbons (Fsp3) is 0.500. The number of benzene rings is 1. The summed E-state index contributed by atoms with van der Waals surface area (Å²) < 4.78 is 0. The summed E-state index contributed by atoms with van der Waals surface area (Å²) in [4.78, 5) is 21.3. The molecule has 1 aromatic heterocycles. The lowest BCUT2D eigenvalue weighted by Gasteiger charge is -2.47. The Morgan fingerprint density at radius 3 is 2.39 bits per heavy atom. The van der Waals surface area contributed by atoms with Gasteiger partial charge in [0.15, 0.2) is 0 Å². The first-order valence-electron chi connectivity index (χ1n) is 10.6. The summed E-state index contributed by atoms with van der Waals surface area (Å²) >= 11 is 0. The summed E-state index contributed by atoms with van der Waals surface area (Å²) in [6.07, 6.45) is 8.86. The first kappa shape index (κ1) is 19.1. The topological polar surface area (TPSA) is 36.4 Å². The molecule has 148 valence electrons. The van der Waals surface area contributed by atoms with Crippen molar-refractivity contribution in [1.82, 2.24) is 14.8 Å². The van der Waals surface area contributed by atoms with Gasteiger partial charge in [-0.25, -0.2) is 0 Å². The maximum absolute atomic E-state index is 12.5. The minimum atomic E-state index is 0.307. The molecule has 2 fully saturated rings. The molecule has 0 aliphatic carbocycles. The average molecular weight is 378 g/mol. The molecule has 2 aromatic rings. The van der Waals surface area contributed by atoms with E-state index in [9.17, 15) is 4.79 Å². The number of hydrogen-bond donors (Lipinski definition) is 0. The summed E-state index contributed by atoms with van der Waals surface area (Å²) in [7, 11) is 0. The van der Waals surface area contributed by atoms with Crippen LogP contribution in [-0.2, 0) is 24.3 Å². The second-order valence-electron chi connectivity index (χ2n) is 8.50. The fourth-order valence-electron chi connectivity index (χ4n) is 4.85. The zero-order valence-electron chi connectivity index (χ0n) is 16.9. The Morgan fingerprint density at radius 1 is 0.964 bits per heavy atom. The van der Waals surface area contributed by atoms with Gasteiger partial charge in [0.1, 0.15) is 0 Å². The molecular weight excluding hydrogens is 346 g/mol. The number of pyridine rings is 1. The summed E-state index contributed by atoms with van der Waals surface area (Å²) in [5.74, 6) is 0.307. The molecule has 2 aliphatic rings. The van der Waals surface area contributed by atoms with E-state index in [2.05, 4.69) is 46.0 Å². The van der Waals surface area contributed by atoms with E-state index in [-0.39, 0.29) is 0 Å². The molecule has 0 N–H and O–H groups in total. The van der Waals surface area contributed by atoms with E-state index in [1.807, 2.05) is 24.5 Å². The number of piperidine rings is 2. The Bertz CT molecular complexity index is 797. The van der Waals surface area contributed by atoms with Crippen LogP contribution in [0.2, 0.25) is 0 Å². The van der Waals surface area contributed by atoms with Crippen molar-refractivity contribution in [3.05, 3.63) is 65.5 Å². The van der Waals surface area contributed by atoms with Crippen LogP contribution < -0.4 is 0 Å². The van der Waals surface area contributed by atoms with Gasteiger partial charge >= 0.3 is 0 Å². The smallest absolute Gasteiger partial charge is 0.222 e. The first-order valence-corrected chi connectivity index (χ1v) is 10.6. The van der Waals surface area contributed by atoms with Crippen molar-refractivity contribution in [1.29, 1.82) is 0 Å². The van der Waals surface area contributed by atoms with E-state index < -0.39 is 0 Å². The molecule has 4 heteroatoms. The van der Waals surface area contributed by atoms with E-state index >= 15 is 0 Å². The minimum absolute atomic E-state index is 0.307. The third-order valence-corrected chi connectivity index (χ3v) is 6.68. The lowest BCUT2D eigenvalue weighted by molar-refractivity contribution is -0.140. The molecule has 1 amide bonds. The van der Waals surface area contributed by atoms with Crippen molar-refractivity contribution in [2.45, 2.75) is 52.1 Å². The molecule has 3 heterocycles. The van der Waals surface area contributed by atoms with Crippen molar-refractivity contribution in [3.8, 4) is 0 Å². The number of carbonyl (C=O) groups excluding carboxylic acids is 1. The Balaban J connectivity index is 1.37. The highest BCUT2D eigenvalue weighted by Gasteiger charge is 2.40. The molecule has 0 bridgehead atoms. The lowest BCUT2D eigenvalue weighted by Crippen LogP contribution is -2.51. The van der Waals surface area contributed by atoms with Crippen molar-refractivity contribution in [2.75, 3.05) is 19.6 Å². The summed E-state index contributed by atoms with van der Waals surface area (Å²) in [5, 5.41) is 0. The second kappa shape index (κ2) is 8.44. The highest BCUT2D eigenvalue weighted by atomic mass is 16.2. The quantitative estimate of drug-likeness (QED) is 0.789. The third-order valence-electron chi connectivity index (χ3n) is 6.68. The van der Waals surface area contributed by atoms with Crippen LogP contribution in [0.1, 0.15) is 49.3 Å². The van der Waals surface area contributed by atoms with Crippen molar-refractivity contribution < 1.29 is 4.79 Å². The molecule has 2 aliphatic heterocycles. The molecule has 0 radical (unpaired) electrons. The molecule has 28 heavy (non-hydrogen) atoms. The number of carbonyl (C=O) groups is 1. The molecule has 0 saturated carbocycles. The van der Waals surface area contributed by atoms with E-state index in [0.717, 1.165) is 45.6 Å². The predicted molar refractivity (Wildman–Crippen MR) is 112 cm³/mol. The number of likely N-dealkylation sites (tertiary alicyclic amines) is 2. The Labute approximate surface area is 168 Å². The first-order chi connectivity index (χ1) is 13.7. The van der Waals surface area contributed by atoms with Gasteiger partial charge in [-0.3, -0.25) is 14.7 Å². The molecule has 1 aromatic carbocycles. The van der Waals surface area contributed by atoms with Gasteiger partial charge in [-0.2, -0.15) is 0 Å². The second-order valence-corrected chi connectivity index (χ2v) is 8.50. The van der Waals surface area contributed by atoms with Crippen molar-refractivity contribution in [3.63, 3.8) is 0 Å². The van der Waals surface area contributed by atoms with Crippen LogP contribution in [0.3, 0.4) is 0 Å². The number of nitrogens with zero attached hydrogens (tertiary/aromatic N) is 3. The van der Waals surface area contributed by atoms with Gasteiger partial charge in [0.2, 0.25) is 5.91 Å². The zero-order valence-corrected chi connectivity index (χ0v) is 16.9. The van der Waals surface area contributed by atoms with E-state index in [1.54, 1.807) is 0 Å². The van der Waals surface area contributed by atoms with E-state index in [0.29, 0.717) is 17.7 Å². The zero-order chi connectivity index (χ0) is 19.4. The summed E-state index contributed by atoms with van der Waals surface area (Å²) in [6.45, 7) is 7.19. The molecule has 2 saturated heterocycles. The third kappa shape index (κ3) is 4.27.